The van der Waals surface area contributed by atoms with Gasteiger partial charge in [-0.1, -0.05) is 13.8 Å². The minimum Gasteiger partial charge on any atom is -0.492 e. The van der Waals surface area contributed by atoms with Gasteiger partial charge in [0.2, 0.25) is 0 Å². The number of likely N-dealkylation sites (N-methyl/N-ethyl adjacent to an activating group) is 1. The quantitative estimate of drug-likeness (QED) is 0.666. The molecule has 0 aliphatic heterocycles. The van der Waals surface area contributed by atoms with Crippen LogP contribution >= 0.6 is 0 Å². The molecule has 1 unspecified atom stereocenters. The molecule has 1 aromatic carbocycles. The summed E-state index contributed by atoms with van der Waals surface area (Å²) in [6.07, 6.45) is 4.50. The molecule has 7 heteroatoms. The van der Waals surface area contributed by atoms with Crippen molar-refractivity contribution in [1.82, 2.24) is 20.4 Å². The first-order valence-corrected chi connectivity index (χ1v) is 9.71. The molecule has 0 bridgehead atoms. The smallest absolute Gasteiger partial charge is 0.319 e. The van der Waals surface area contributed by atoms with Gasteiger partial charge >= 0.3 is 6.03 Å². The molecular weight excluding hydrogens is 342 g/mol. The van der Waals surface area contributed by atoms with Gasteiger partial charge in [0.25, 0.3) is 0 Å². The molecule has 2 amide bonds. The van der Waals surface area contributed by atoms with E-state index in [1.807, 2.05) is 30.5 Å². The van der Waals surface area contributed by atoms with Crippen LogP contribution in [0.3, 0.4) is 0 Å². The molecule has 0 saturated carbocycles. The number of aryl methyl sites for hydroxylation is 1. The average molecular weight is 371 g/mol. The average Bonchev–Trinajstić information content (AvgIpc) is 3.14. The van der Waals surface area contributed by atoms with Crippen LogP contribution in [-0.2, 0) is 12.8 Å². The predicted molar refractivity (Wildman–Crippen MR) is 106 cm³/mol. The number of aromatic amines is 1. The van der Waals surface area contributed by atoms with Gasteiger partial charge in [0.15, 0.2) is 0 Å². The van der Waals surface area contributed by atoms with E-state index in [1.165, 1.54) is 11.3 Å². The van der Waals surface area contributed by atoms with Gasteiger partial charge in [-0.3, -0.25) is 5.10 Å². The van der Waals surface area contributed by atoms with Crippen molar-refractivity contribution in [3.63, 3.8) is 0 Å². The fraction of sp³-hybridized carbons (Fsp3) is 0.500. The minimum atomic E-state index is -0.179. The number of carbonyl (C=O) groups excluding carboxylic acids is 1. The van der Waals surface area contributed by atoms with Crippen LogP contribution in [0, 0.1) is 0 Å². The lowest BCUT2D eigenvalue weighted by molar-refractivity contribution is 0.223. The number of urea groups is 1. The molecule has 1 aliphatic rings. The van der Waals surface area contributed by atoms with E-state index in [0.717, 1.165) is 50.3 Å². The second kappa shape index (κ2) is 9.41. The molecule has 1 atom stereocenters. The Bertz CT molecular complexity index is 724. The van der Waals surface area contributed by atoms with E-state index in [-0.39, 0.29) is 12.1 Å². The van der Waals surface area contributed by atoms with Crippen molar-refractivity contribution in [3.05, 3.63) is 41.7 Å². The van der Waals surface area contributed by atoms with Gasteiger partial charge < -0.3 is 20.3 Å². The number of ether oxygens (including phenoxy) is 1. The van der Waals surface area contributed by atoms with E-state index in [0.29, 0.717) is 6.61 Å². The summed E-state index contributed by atoms with van der Waals surface area (Å²) in [5.74, 6) is 0.813. The van der Waals surface area contributed by atoms with Crippen LogP contribution in [0.5, 0.6) is 5.75 Å². The van der Waals surface area contributed by atoms with Gasteiger partial charge in [0, 0.05) is 24.0 Å². The Kier molecular flexibility index (Phi) is 6.70. The Morgan fingerprint density at radius 1 is 1.30 bits per heavy atom. The van der Waals surface area contributed by atoms with Crippen LogP contribution < -0.4 is 15.4 Å². The number of hydrogen-bond donors (Lipinski definition) is 3. The third-order valence-corrected chi connectivity index (χ3v) is 5.03. The number of rotatable bonds is 8. The zero-order valence-corrected chi connectivity index (χ0v) is 16.1. The zero-order valence-electron chi connectivity index (χ0n) is 16.1. The Balaban J connectivity index is 1.42. The summed E-state index contributed by atoms with van der Waals surface area (Å²) < 4.78 is 5.77. The van der Waals surface area contributed by atoms with Crippen LogP contribution in [0.2, 0.25) is 0 Å². The lowest BCUT2D eigenvalue weighted by Crippen LogP contribution is -2.41. The van der Waals surface area contributed by atoms with Crippen LogP contribution in [0.25, 0.3) is 0 Å². The second-order valence-electron chi connectivity index (χ2n) is 6.81. The molecule has 0 spiro atoms. The first-order valence-electron chi connectivity index (χ1n) is 9.71. The number of H-pyrrole nitrogens is 1. The highest BCUT2D eigenvalue weighted by Crippen LogP contribution is 2.19. The molecular formula is C20H29N5O2. The summed E-state index contributed by atoms with van der Waals surface area (Å²) in [6.45, 7) is 7.93. The highest BCUT2D eigenvalue weighted by atomic mass is 16.5. The van der Waals surface area contributed by atoms with Crippen molar-refractivity contribution >= 4 is 11.7 Å². The lowest BCUT2D eigenvalue weighted by atomic mass is 9.94. The number of benzene rings is 1. The van der Waals surface area contributed by atoms with Gasteiger partial charge in [0.05, 0.1) is 6.20 Å². The number of aromatic nitrogens is 2. The van der Waals surface area contributed by atoms with Gasteiger partial charge in [-0.05, 0) is 62.2 Å². The standard InChI is InChI=1S/C20H29N5O2/c1-3-25(4-2)11-12-27-18-8-5-16(6-9-18)22-20(26)23-17-7-10-19-15(13-17)14-21-24-19/h5-6,8-9,14,17H,3-4,7,10-13H2,1-2H3,(H,21,24)(H2,22,23,26). The highest BCUT2D eigenvalue weighted by Gasteiger charge is 2.21. The molecule has 2 aromatic rings. The lowest BCUT2D eigenvalue weighted by Gasteiger charge is -2.23. The maximum absolute atomic E-state index is 12.2. The Morgan fingerprint density at radius 2 is 2.07 bits per heavy atom. The zero-order chi connectivity index (χ0) is 19.1. The number of nitrogens with one attached hydrogen (secondary N) is 3. The molecule has 0 fully saturated rings. The largest absolute Gasteiger partial charge is 0.492 e. The van der Waals surface area contributed by atoms with Crippen molar-refractivity contribution < 1.29 is 9.53 Å². The van der Waals surface area contributed by atoms with Crippen molar-refractivity contribution in [1.29, 1.82) is 0 Å². The van der Waals surface area contributed by atoms with Crippen LogP contribution in [-0.4, -0.2) is 53.4 Å². The van der Waals surface area contributed by atoms with E-state index >= 15 is 0 Å². The highest BCUT2D eigenvalue weighted by molar-refractivity contribution is 5.89. The van der Waals surface area contributed by atoms with E-state index < -0.39 is 0 Å². The first kappa shape index (κ1) is 19.2. The van der Waals surface area contributed by atoms with Gasteiger partial charge in [-0.15, -0.1) is 0 Å². The van der Waals surface area contributed by atoms with E-state index in [4.69, 9.17) is 4.74 Å². The molecule has 3 N–H and O–H groups in total. The summed E-state index contributed by atoms with van der Waals surface area (Å²) in [7, 11) is 0. The van der Waals surface area contributed by atoms with Crippen molar-refractivity contribution in [2.45, 2.75) is 39.2 Å². The molecule has 0 radical (unpaired) electrons. The fourth-order valence-corrected chi connectivity index (χ4v) is 3.36. The summed E-state index contributed by atoms with van der Waals surface area (Å²) in [6, 6.07) is 7.45. The molecule has 1 aliphatic carbocycles. The molecule has 27 heavy (non-hydrogen) atoms. The Labute approximate surface area is 160 Å². The predicted octanol–water partition coefficient (Wildman–Crippen LogP) is 2.81. The monoisotopic (exact) mass is 371 g/mol. The molecule has 1 heterocycles. The van der Waals surface area contributed by atoms with Crippen molar-refractivity contribution in [2.24, 2.45) is 0 Å². The normalized spacial score (nSPS) is 16.0. The number of hydrogen-bond acceptors (Lipinski definition) is 4. The molecule has 7 nitrogen and oxygen atoms in total. The van der Waals surface area contributed by atoms with Crippen LogP contribution in [0.1, 0.15) is 31.5 Å². The maximum Gasteiger partial charge on any atom is 0.319 e. The second-order valence-corrected chi connectivity index (χ2v) is 6.81. The summed E-state index contributed by atoms with van der Waals surface area (Å²) in [5.41, 5.74) is 3.13. The van der Waals surface area contributed by atoms with E-state index in [2.05, 4.69) is 39.6 Å². The van der Waals surface area contributed by atoms with E-state index in [9.17, 15) is 4.79 Å². The number of amides is 2. The Hall–Kier alpha value is -2.54. The van der Waals surface area contributed by atoms with Crippen molar-refractivity contribution in [2.75, 3.05) is 31.6 Å². The maximum atomic E-state index is 12.2. The Morgan fingerprint density at radius 3 is 2.81 bits per heavy atom. The minimum absolute atomic E-state index is 0.137. The van der Waals surface area contributed by atoms with E-state index in [1.54, 1.807) is 0 Å². The first-order chi connectivity index (χ1) is 13.2. The van der Waals surface area contributed by atoms with Crippen LogP contribution in [0.15, 0.2) is 30.5 Å². The molecule has 0 saturated heterocycles. The SMILES string of the molecule is CCN(CC)CCOc1ccc(NC(=O)NC2CCc3[nH]ncc3C2)cc1. The third-order valence-electron chi connectivity index (χ3n) is 5.03. The van der Waals surface area contributed by atoms with Crippen molar-refractivity contribution in [3.8, 4) is 5.75 Å². The molecule has 1 aromatic heterocycles. The summed E-state index contributed by atoms with van der Waals surface area (Å²) in [5, 5.41) is 13.0. The number of anilines is 1. The number of carbonyl (C=O) groups is 1. The molecule has 146 valence electrons. The number of fused-ring (bicyclic) bond motifs is 1. The van der Waals surface area contributed by atoms with Crippen LogP contribution in [0.4, 0.5) is 10.5 Å². The fourth-order valence-electron chi connectivity index (χ4n) is 3.36. The summed E-state index contributed by atoms with van der Waals surface area (Å²) >= 11 is 0. The third kappa shape index (κ3) is 5.47. The van der Waals surface area contributed by atoms with Gasteiger partial charge in [-0.2, -0.15) is 5.10 Å². The van der Waals surface area contributed by atoms with Gasteiger partial charge in [0.1, 0.15) is 12.4 Å². The topological polar surface area (TPSA) is 82.3 Å². The number of nitrogens with zero attached hydrogens (tertiary/aromatic N) is 2. The van der Waals surface area contributed by atoms with Gasteiger partial charge in [-0.25, -0.2) is 4.79 Å². The molecule has 3 rings (SSSR count). The summed E-state index contributed by atoms with van der Waals surface area (Å²) in [4.78, 5) is 14.6.